The molecule has 1 amide bonds. The molecular formula is C24H27BrN4O2. The average molecular weight is 483 g/mol. The molecule has 2 aromatic carbocycles. The van der Waals surface area contributed by atoms with E-state index in [1.807, 2.05) is 30.3 Å². The smallest absolute Gasteiger partial charge is 0.241 e. The Balaban J connectivity index is 1.24. The summed E-state index contributed by atoms with van der Waals surface area (Å²) in [5.41, 5.74) is 2.23. The summed E-state index contributed by atoms with van der Waals surface area (Å²) >= 11 is 3.43. The molecule has 1 unspecified atom stereocenters. The van der Waals surface area contributed by atoms with Gasteiger partial charge in [-0.1, -0.05) is 51.4 Å². The molecule has 6 nitrogen and oxygen atoms in total. The number of rotatable bonds is 8. The van der Waals surface area contributed by atoms with E-state index < -0.39 is 0 Å². The lowest BCUT2D eigenvalue weighted by Crippen LogP contribution is -2.43. The number of piperidine rings is 1. The van der Waals surface area contributed by atoms with Gasteiger partial charge in [0.05, 0.1) is 12.5 Å². The van der Waals surface area contributed by atoms with Crippen LogP contribution in [0.5, 0.6) is 0 Å². The monoisotopic (exact) mass is 482 g/mol. The van der Waals surface area contributed by atoms with Crippen LogP contribution in [0, 0.1) is 5.92 Å². The lowest BCUT2D eigenvalue weighted by atomic mass is 9.97. The Morgan fingerprint density at radius 1 is 1.16 bits per heavy atom. The van der Waals surface area contributed by atoms with Crippen LogP contribution in [-0.4, -0.2) is 40.6 Å². The van der Waals surface area contributed by atoms with Crippen LogP contribution in [0.2, 0.25) is 0 Å². The van der Waals surface area contributed by atoms with Gasteiger partial charge in [-0.15, -0.1) is 0 Å². The first-order chi connectivity index (χ1) is 15.2. The standard InChI is InChI=1S/C24H27BrN4O2/c25-21-12-10-19(11-13-21)23-27-22(31-28-23)17-29-15-5-9-20(16-29)24(30)26-14-4-8-18-6-2-1-3-7-18/h1-3,6-7,10-13,20H,4-5,8-9,14-17H2,(H,26,30). The summed E-state index contributed by atoms with van der Waals surface area (Å²) in [6.45, 7) is 2.94. The number of amides is 1. The molecule has 1 N–H and O–H groups in total. The van der Waals surface area contributed by atoms with Crippen LogP contribution < -0.4 is 5.32 Å². The number of hydrogen-bond donors (Lipinski definition) is 1. The van der Waals surface area contributed by atoms with Crippen molar-refractivity contribution in [2.24, 2.45) is 5.92 Å². The largest absolute Gasteiger partial charge is 0.356 e. The predicted octanol–water partition coefficient (Wildman–Crippen LogP) is 4.46. The zero-order valence-corrected chi connectivity index (χ0v) is 19.1. The van der Waals surface area contributed by atoms with E-state index in [4.69, 9.17) is 4.52 Å². The third-order valence-electron chi connectivity index (χ3n) is 5.59. The molecule has 2 heterocycles. The van der Waals surface area contributed by atoms with Crippen molar-refractivity contribution in [3.63, 3.8) is 0 Å². The molecule has 0 bridgehead atoms. The van der Waals surface area contributed by atoms with E-state index in [0.717, 1.165) is 48.8 Å². The Hall–Kier alpha value is -2.51. The van der Waals surface area contributed by atoms with Gasteiger partial charge >= 0.3 is 0 Å². The molecule has 0 saturated carbocycles. The van der Waals surface area contributed by atoms with Crippen LogP contribution in [0.3, 0.4) is 0 Å². The fourth-order valence-electron chi connectivity index (χ4n) is 3.93. The first kappa shape index (κ1) is 21.7. The van der Waals surface area contributed by atoms with Gasteiger partial charge in [0.1, 0.15) is 0 Å². The van der Waals surface area contributed by atoms with Gasteiger partial charge in [-0.25, -0.2) is 0 Å². The molecule has 7 heteroatoms. The molecule has 4 rings (SSSR count). The van der Waals surface area contributed by atoms with Crippen molar-refractivity contribution in [3.05, 3.63) is 70.5 Å². The van der Waals surface area contributed by atoms with Crippen molar-refractivity contribution >= 4 is 21.8 Å². The number of nitrogens with one attached hydrogen (secondary N) is 1. The van der Waals surface area contributed by atoms with Crippen molar-refractivity contribution in [2.45, 2.75) is 32.2 Å². The summed E-state index contributed by atoms with van der Waals surface area (Å²) in [7, 11) is 0. The maximum absolute atomic E-state index is 12.6. The maximum Gasteiger partial charge on any atom is 0.241 e. The minimum atomic E-state index is 0.0133. The predicted molar refractivity (Wildman–Crippen MR) is 123 cm³/mol. The zero-order valence-electron chi connectivity index (χ0n) is 17.5. The number of carbonyl (C=O) groups excluding carboxylic acids is 1. The van der Waals surface area contributed by atoms with Crippen molar-refractivity contribution < 1.29 is 9.32 Å². The van der Waals surface area contributed by atoms with Crippen molar-refractivity contribution in [2.75, 3.05) is 19.6 Å². The molecule has 162 valence electrons. The van der Waals surface area contributed by atoms with E-state index in [2.05, 4.69) is 60.6 Å². The second kappa shape index (κ2) is 10.7. The molecule has 1 atom stereocenters. The number of aromatic nitrogens is 2. The number of halogens is 1. The molecule has 1 saturated heterocycles. The van der Waals surface area contributed by atoms with Crippen molar-refractivity contribution in [1.82, 2.24) is 20.4 Å². The number of carbonyl (C=O) groups is 1. The SMILES string of the molecule is O=C(NCCCc1ccccc1)C1CCCN(Cc2nc(-c3ccc(Br)cc3)no2)C1. The minimum absolute atomic E-state index is 0.0133. The van der Waals surface area contributed by atoms with Crippen LogP contribution >= 0.6 is 15.9 Å². The van der Waals surface area contributed by atoms with Crippen molar-refractivity contribution in [3.8, 4) is 11.4 Å². The van der Waals surface area contributed by atoms with Crippen LogP contribution in [-0.2, 0) is 17.8 Å². The third-order valence-corrected chi connectivity index (χ3v) is 6.12. The third kappa shape index (κ3) is 6.24. The quantitative estimate of drug-likeness (QED) is 0.479. The molecule has 1 aromatic heterocycles. The topological polar surface area (TPSA) is 71.3 Å². The summed E-state index contributed by atoms with van der Waals surface area (Å²) in [4.78, 5) is 19.4. The molecule has 31 heavy (non-hydrogen) atoms. The first-order valence-electron chi connectivity index (χ1n) is 10.8. The van der Waals surface area contributed by atoms with Gasteiger partial charge in [0.2, 0.25) is 17.6 Å². The Morgan fingerprint density at radius 3 is 2.77 bits per heavy atom. The van der Waals surface area contributed by atoms with Gasteiger partial charge in [0.25, 0.3) is 0 Å². The number of hydrogen-bond acceptors (Lipinski definition) is 5. The van der Waals surface area contributed by atoms with E-state index >= 15 is 0 Å². The van der Waals surface area contributed by atoms with Gasteiger partial charge in [0.15, 0.2) is 0 Å². The second-order valence-electron chi connectivity index (χ2n) is 7.97. The molecule has 3 aromatic rings. The van der Waals surface area contributed by atoms with Crippen LogP contribution in [0.25, 0.3) is 11.4 Å². The van der Waals surface area contributed by atoms with Crippen LogP contribution in [0.4, 0.5) is 0 Å². The number of likely N-dealkylation sites (tertiary alicyclic amines) is 1. The fraction of sp³-hybridized carbons (Fsp3) is 0.375. The van der Waals surface area contributed by atoms with E-state index in [1.165, 1.54) is 5.56 Å². The highest BCUT2D eigenvalue weighted by atomic mass is 79.9. The van der Waals surface area contributed by atoms with Gasteiger partial charge in [-0.2, -0.15) is 4.98 Å². The lowest BCUT2D eigenvalue weighted by Gasteiger charge is -2.30. The molecule has 0 radical (unpaired) electrons. The second-order valence-corrected chi connectivity index (χ2v) is 8.89. The van der Waals surface area contributed by atoms with E-state index in [9.17, 15) is 4.79 Å². The van der Waals surface area contributed by atoms with Gasteiger partial charge in [-0.3, -0.25) is 9.69 Å². The Kier molecular flexibility index (Phi) is 7.48. The van der Waals surface area contributed by atoms with Gasteiger partial charge in [-0.05, 0) is 62.1 Å². The summed E-state index contributed by atoms with van der Waals surface area (Å²) in [6.07, 6.45) is 3.85. The minimum Gasteiger partial charge on any atom is -0.356 e. The number of aryl methyl sites for hydroxylation is 1. The van der Waals surface area contributed by atoms with E-state index in [-0.39, 0.29) is 11.8 Å². The molecular weight excluding hydrogens is 456 g/mol. The lowest BCUT2D eigenvalue weighted by molar-refractivity contribution is -0.126. The van der Waals surface area contributed by atoms with Gasteiger partial charge in [0, 0.05) is 23.1 Å². The summed E-state index contributed by atoms with van der Waals surface area (Å²) in [5.74, 6) is 1.34. The molecule has 1 aliphatic heterocycles. The molecule has 0 aliphatic carbocycles. The maximum atomic E-state index is 12.6. The summed E-state index contributed by atoms with van der Waals surface area (Å²) < 4.78 is 6.47. The average Bonchev–Trinajstić information content (AvgIpc) is 3.26. The molecule has 0 spiro atoms. The highest BCUT2D eigenvalue weighted by molar-refractivity contribution is 9.10. The number of nitrogens with zero attached hydrogens (tertiary/aromatic N) is 3. The van der Waals surface area contributed by atoms with Crippen LogP contribution in [0.1, 0.15) is 30.7 Å². The van der Waals surface area contributed by atoms with E-state index in [1.54, 1.807) is 0 Å². The highest BCUT2D eigenvalue weighted by Gasteiger charge is 2.26. The fourth-order valence-corrected chi connectivity index (χ4v) is 4.20. The van der Waals surface area contributed by atoms with Gasteiger partial charge < -0.3 is 9.84 Å². The summed E-state index contributed by atoms with van der Waals surface area (Å²) in [5, 5.41) is 7.22. The Morgan fingerprint density at radius 2 is 1.97 bits per heavy atom. The Labute approximate surface area is 191 Å². The normalized spacial score (nSPS) is 16.9. The van der Waals surface area contributed by atoms with Crippen molar-refractivity contribution in [1.29, 1.82) is 0 Å². The zero-order chi connectivity index (χ0) is 21.5. The highest BCUT2D eigenvalue weighted by Crippen LogP contribution is 2.21. The van der Waals surface area contributed by atoms with Crippen LogP contribution in [0.15, 0.2) is 63.6 Å². The summed E-state index contributed by atoms with van der Waals surface area (Å²) in [6, 6.07) is 18.2. The Bertz CT molecular complexity index is 975. The molecule has 1 fully saturated rings. The molecule has 1 aliphatic rings. The van der Waals surface area contributed by atoms with E-state index in [0.29, 0.717) is 24.8 Å². The first-order valence-corrected chi connectivity index (χ1v) is 11.6. The number of benzene rings is 2.